The van der Waals surface area contributed by atoms with Gasteiger partial charge in [0.1, 0.15) is 0 Å². The number of hydrogen-bond donors (Lipinski definition) is 0. The van der Waals surface area contributed by atoms with Crippen molar-refractivity contribution in [1.82, 2.24) is 0 Å². The zero-order chi connectivity index (χ0) is 5.98. The summed E-state index contributed by atoms with van der Waals surface area (Å²) in [6.07, 6.45) is 0. The third-order valence-electron chi connectivity index (χ3n) is 0.450. The van der Waals surface area contributed by atoms with Crippen molar-refractivity contribution < 1.29 is 22.5 Å². The highest BCUT2D eigenvalue weighted by Gasteiger charge is 2.46. The smallest absolute Gasteiger partial charge is 0.147 e. The highest BCUT2D eigenvalue weighted by atomic mass is 35.5. The summed E-state index contributed by atoms with van der Waals surface area (Å²) in [7, 11) is -4.38. The van der Waals surface area contributed by atoms with Crippen molar-refractivity contribution in [2.45, 2.75) is 0 Å². The van der Waals surface area contributed by atoms with E-state index in [0.29, 0.717) is 0 Å². The van der Waals surface area contributed by atoms with Gasteiger partial charge in [0, 0.05) is 9.13 Å². The van der Waals surface area contributed by atoms with Crippen LogP contribution >= 0.6 is 41.3 Å². The molecule has 0 saturated carbocycles. The van der Waals surface area contributed by atoms with Gasteiger partial charge < -0.3 is 0 Å². The van der Waals surface area contributed by atoms with Gasteiger partial charge in [-0.3, -0.25) is 0 Å². The van der Waals surface area contributed by atoms with Crippen LogP contribution in [0.15, 0.2) is 0 Å². The molecular formula is CH4Cl2O5P2+2. The number of hydrogen-bond acceptors (Lipinski definition) is 5. The maximum Gasteiger partial charge on any atom is 0.750 e. The second-order valence-corrected chi connectivity index (χ2v) is 2.97. The second-order valence-electron chi connectivity index (χ2n) is 0.905. The molecule has 1 rings (SSSR count). The fourth-order valence-electron chi connectivity index (χ4n) is 0.211. The van der Waals surface area contributed by atoms with Crippen molar-refractivity contribution in [3.63, 3.8) is 0 Å². The number of rotatable bonds is 0. The largest absolute Gasteiger partial charge is 0.750 e. The van der Waals surface area contributed by atoms with Crippen molar-refractivity contribution in [3.05, 3.63) is 0 Å². The lowest BCUT2D eigenvalue weighted by Crippen LogP contribution is -1.93. The second kappa shape index (κ2) is 6.38. The molecule has 9 heteroatoms. The van der Waals surface area contributed by atoms with Crippen LogP contribution in [0, 0.1) is 0 Å². The summed E-state index contributed by atoms with van der Waals surface area (Å²) >= 11 is 0. The summed E-state index contributed by atoms with van der Waals surface area (Å²) in [6.45, 7) is -0.218. The van der Waals surface area contributed by atoms with Crippen molar-refractivity contribution in [1.29, 1.82) is 0 Å². The Morgan fingerprint density at radius 1 is 1.00 bits per heavy atom. The Hall–Kier alpha value is 0.660. The van der Waals surface area contributed by atoms with Crippen LogP contribution in [0.5, 0.6) is 0 Å². The fraction of sp³-hybridized carbons (Fsp3) is 1.00. The molecule has 0 aliphatic carbocycles. The molecular weight excluding hydrogens is 225 g/mol. The molecule has 60 valence electrons. The standard InChI is InChI=1S/CH2O5P2.2ClH/c2-7-4-1-5-8(3)6-7;;/h1H2;2*1H/q+2;;. The summed E-state index contributed by atoms with van der Waals surface area (Å²) < 4.78 is 32.7. The first kappa shape index (κ1) is 13.3. The van der Waals surface area contributed by atoms with Gasteiger partial charge in [-0.25, -0.2) is 0 Å². The lowest BCUT2D eigenvalue weighted by atomic mass is 11.6. The predicted octanol–water partition coefficient (Wildman–Crippen LogP) is 2.17. The molecule has 1 aliphatic heterocycles. The Balaban J connectivity index is 0. The highest BCUT2D eigenvalue weighted by molar-refractivity contribution is 7.48. The van der Waals surface area contributed by atoms with Crippen LogP contribution < -0.4 is 0 Å². The monoisotopic (exact) mass is 228 g/mol. The molecule has 0 N–H and O–H groups in total. The SMILES string of the molecule is Cl.Cl.O=[P+]1OCO[P+](=O)O1. The minimum Gasteiger partial charge on any atom is -0.147 e. The topological polar surface area (TPSA) is 61.8 Å². The maximum absolute atomic E-state index is 10.1. The lowest BCUT2D eigenvalue weighted by molar-refractivity contribution is 0.0870. The van der Waals surface area contributed by atoms with Gasteiger partial charge in [0.2, 0.25) is 0 Å². The van der Waals surface area contributed by atoms with Crippen LogP contribution in [-0.2, 0) is 22.5 Å². The van der Waals surface area contributed by atoms with E-state index < -0.39 is 16.5 Å². The Morgan fingerprint density at radius 3 is 1.60 bits per heavy atom. The van der Waals surface area contributed by atoms with E-state index in [1.807, 2.05) is 0 Å². The van der Waals surface area contributed by atoms with E-state index in [9.17, 15) is 9.13 Å². The molecule has 0 amide bonds. The molecule has 0 aromatic carbocycles. The molecule has 1 fully saturated rings. The van der Waals surface area contributed by atoms with E-state index in [-0.39, 0.29) is 31.6 Å². The Morgan fingerprint density at radius 2 is 1.40 bits per heavy atom. The van der Waals surface area contributed by atoms with E-state index in [4.69, 9.17) is 0 Å². The third kappa shape index (κ3) is 4.47. The highest BCUT2D eigenvalue weighted by Crippen LogP contribution is 2.44. The van der Waals surface area contributed by atoms with Gasteiger partial charge in [-0.2, -0.15) is 0 Å². The van der Waals surface area contributed by atoms with Gasteiger partial charge in [-0.15, -0.1) is 24.8 Å². The summed E-state index contributed by atoms with van der Waals surface area (Å²) in [5, 5.41) is 0. The zero-order valence-electron chi connectivity index (χ0n) is 4.46. The molecule has 0 spiro atoms. The molecule has 1 heterocycles. The normalized spacial score (nSPS) is 24.4. The first-order valence-electron chi connectivity index (χ1n) is 1.67. The van der Waals surface area contributed by atoms with Crippen LogP contribution in [0.4, 0.5) is 0 Å². The van der Waals surface area contributed by atoms with Crippen LogP contribution in [0.25, 0.3) is 0 Å². The van der Waals surface area contributed by atoms with E-state index >= 15 is 0 Å². The first-order chi connectivity index (χ1) is 3.79. The first-order valence-corrected chi connectivity index (χ1v) is 3.86. The van der Waals surface area contributed by atoms with E-state index in [1.165, 1.54) is 0 Å². The zero-order valence-corrected chi connectivity index (χ0v) is 7.88. The molecule has 10 heavy (non-hydrogen) atoms. The fourth-order valence-corrected chi connectivity index (χ4v) is 1.38. The Labute approximate surface area is 71.1 Å². The van der Waals surface area contributed by atoms with Crippen LogP contribution in [0.3, 0.4) is 0 Å². The summed E-state index contributed by atoms with van der Waals surface area (Å²) in [5.41, 5.74) is 0. The quantitative estimate of drug-likeness (QED) is 0.595. The van der Waals surface area contributed by atoms with E-state index in [2.05, 4.69) is 13.4 Å². The van der Waals surface area contributed by atoms with Gasteiger partial charge in [0.15, 0.2) is 4.31 Å². The number of halogens is 2. The van der Waals surface area contributed by atoms with Crippen LogP contribution in [-0.4, -0.2) is 6.79 Å². The molecule has 0 aromatic rings. The Bertz CT molecular complexity index is 124. The summed E-state index contributed by atoms with van der Waals surface area (Å²) in [4.78, 5) is 0. The Kier molecular flexibility index (Phi) is 8.46. The average molecular weight is 229 g/mol. The summed E-state index contributed by atoms with van der Waals surface area (Å²) in [5.74, 6) is 0. The molecule has 0 radical (unpaired) electrons. The van der Waals surface area contributed by atoms with E-state index in [0.717, 1.165) is 0 Å². The minimum atomic E-state index is -2.19. The third-order valence-corrected chi connectivity index (χ3v) is 2.15. The molecule has 1 saturated heterocycles. The van der Waals surface area contributed by atoms with Crippen molar-refractivity contribution >= 4 is 41.3 Å². The summed E-state index contributed by atoms with van der Waals surface area (Å²) in [6, 6.07) is 0. The van der Waals surface area contributed by atoms with Gasteiger partial charge >= 0.3 is 16.5 Å². The van der Waals surface area contributed by atoms with Gasteiger partial charge in [-0.1, -0.05) is 9.05 Å². The van der Waals surface area contributed by atoms with Crippen molar-refractivity contribution in [2.24, 2.45) is 0 Å². The minimum absolute atomic E-state index is 0. The molecule has 2 unspecified atom stereocenters. The molecule has 2 atom stereocenters. The van der Waals surface area contributed by atoms with Crippen LogP contribution in [0.1, 0.15) is 0 Å². The predicted molar refractivity (Wildman–Crippen MR) is 37.8 cm³/mol. The van der Waals surface area contributed by atoms with Crippen molar-refractivity contribution in [2.75, 3.05) is 6.79 Å². The van der Waals surface area contributed by atoms with Gasteiger partial charge in [-0.05, 0) is 0 Å². The van der Waals surface area contributed by atoms with E-state index in [1.54, 1.807) is 0 Å². The lowest BCUT2D eigenvalue weighted by Gasteiger charge is -1.82. The molecule has 0 aromatic heterocycles. The van der Waals surface area contributed by atoms with Gasteiger partial charge in [0.05, 0.1) is 0 Å². The maximum atomic E-state index is 10.1. The van der Waals surface area contributed by atoms with Crippen LogP contribution in [0.2, 0.25) is 0 Å². The molecule has 0 bridgehead atoms. The van der Waals surface area contributed by atoms with Gasteiger partial charge in [0.25, 0.3) is 6.79 Å². The average Bonchev–Trinajstić information content (AvgIpc) is 1.64. The van der Waals surface area contributed by atoms with Crippen molar-refractivity contribution in [3.8, 4) is 0 Å². The molecule has 1 aliphatic rings. The molecule has 5 nitrogen and oxygen atoms in total.